The predicted molar refractivity (Wildman–Crippen MR) is 133 cm³/mol. The monoisotopic (exact) mass is 477 g/mol. The van der Waals surface area contributed by atoms with Gasteiger partial charge >= 0.3 is 0 Å². The Morgan fingerprint density at radius 2 is 2.06 bits per heavy atom. The van der Waals surface area contributed by atoms with Gasteiger partial charge in [-0.3, -0.25) is 9.20 Å². The van der Waals surface area contributed by atoms with Gasteiger partial charge in [-0.05, 0) is 48.3 Å². The van der Waals surface area contributed by atoms with Crippen LogP contribution >= 0.6 is 23.1 Å². The molecule has 1 unspecified atom stereocenters. The zero-order chi connectivity index (χ0) is 22.5. The number of carbonyl (C=O) groups is 1. The molecule has 0 N–H and O–H groups in total. The van der Waals surface area contributed by atoms with Gasteiger partial charge in [0, 0.05) is 24.4 Å². The highest BCUT2D eigenvalue weighted by atomic mass is 32.2. The molecule has 0 bridgehead atoms. The van der Waals surface area contributed by atoms with E-state index in [9.17, 15) is 4.79 Å². The van der Waals surface area contributed by atoms with Gasteiger partial charge in [0.15, 0.2) is 10.8 Å². The molecule has 0 saturated heterocycles. The average molecular weight is 478 g/mol. The minimum absolute atomic E-state index is 0.153. The lowest BCUT2D eigenvalue weighted by atomic mass is 9.89. The smallest absolute Gasteiger partial charge is 0.233 e. The summed E-state index contributed by atoms with van der Waals surface area (Å²) < 4.78 is 2.09. The third-order valence-corrected chi connectivity index (χ3v) is 9.03. The van der Waals surface area contributed by atoms with Crippen LogP contribution in [0.3, 0.4) is 0 Å². The van der Waals surface area contributed by atoms with Crippen molar-refractivity contribution in [2.24, 2.45) is 5.92 Å². The van der Waals surface area contributed by atoms with Crippen LogP contribution in [-0.2, 0) is 37.0 Å². The summed E-state index contributed by atoms with van der Waals surface area (Å²) in [5.74, 6) is 2.21. The molecule has 0 fully saturated rings. The Hall–Kier alpha value is -2.45. The second-order valence-electron chi connectivity index (χ2n) is 9.18. The van der Waals surface area contributed by atoms with Crippen molar-refractivity contribution in [2.45, 2.75) is 57.7 Å². The third-order valence-electron chi connectivity index (χ3n) is 6.96. The van der Waals surface area contributed by atoms with Crippen LogP contribution in [0, 0.1) is 5.92 Å². The lowest BCUT2D eigenvalue weighted by molar-refractivity contribution is -0.129. The first-order valence-electron chi connectivity index (χ1n) is 11.8. The van der Waals surface area contributed by atoms with Gasteiger partial charge in [-0.25, -0.2) is 4.98 Å². The maximum absolute atomic E-state index is 13.0. The van der Waals surface area contributed by atoms with Crippen LogP contribution in [0.15, 0.2) is 29.4 Å². The van der Waals surface area contributed by atoms with E-state index in [1.54, 1.807) is 0 Å². The Kier molecular flexibility index (Phi) is 5.37. The number of carbonyl (C=O) groups excluding carboxylic acids is 1. The molecular weight excluding hydrogens is 450 g/mol. The summed E-state index contributed by atoms with van der Waals surface area (Å²) in [4.78, 5) is 22.6. The fourth-order valence-corrected chi connectivity index (χ4v) is 7.39. The highest BCUT2D eigenvalue weighted by Gasteiger charge is 2.26. The maximum Gasteiger partial charge on any atom is 0.233 e. The molecule has 1 aliphatic heterocycles. The fraction of sp³-hybridized carbons (Fsp3) is 0.440. The zero-order valence-corrected chi connectivity index (χ0v) is 20.6. The van der Waals surface area contributed by atoms with E-state index < -0.39 is 0 Å². The zero-order valence-electron chi connectivity index (χ0n) is 19.0. The molecule has 0 saturated carbocycles. The first kappa shape index (κ1) is 21.1. The number of amides is 1. The number of aromatic nitrogens is 4. The Bertz CT molecular complexity index is 1370. The molecule has 4 heterocycles. The van der Waals surface area contributed by atoms with Gasteiger partial charge in [-0.15, -0.1) is 21.5 Å². The Morgan fingerprint density at radius 3 is 2.91 bits per heavy atom. The summed E-state index contributed by atoms with van der Waals surface area (Å²) >= 11 is 3.31. The van der Waals surface area contributed by atoms with Crippen LogP contribution in [0.25, 0.3) is 15.9 Å². The summed E-state index contributed by atoms with van der Waals surface area (Å²) in [6, 6.07) is 8.41. The van der Waals surface area contributed by atoms with Crippen molar-refractivity contribution >= 4 is 44.9 Å². The number of benzene rings is 1. The van der Waals surface area contributed by atoms with E-state index in [1.807, 2.05) is 22.3 Å². The Labute approximate surface area is 201 Å². The van der Waals surface area contributed by atoms with Crippen LogP contribution < -0.4 is 0 Å². The van der Waals surface area contributed by atoms with Crippen LogP contribution in [0.2, 0.25) is 0 Å². The van der Waals surface area contributed by atoms with E-state index in [0.29, 0.717) is 12.3 Å². The average Bonchev–Trinajstić information content (AvgIpc) is 3.42. The minimum Gasteiger partial charge on any atom is -0.337 e. The van der Waals surface area contributed by atoms with Crippen LogP contribution in [0.5, 0.6) is 0 Å². The number of thioether (sulfide) groups is 1. The van der Waals surface area contributed by atoms with E-state index in [4.69, 9.17) is 4.98 Å². The number of fused-ring (bicyclic) bond motifs is 6. The molecule has 1 atom stereocenters. The summed E-state index contributed by atoms with van der Waals surface area (Å²) in [6.45, 7) is 5.92. The topological polar surface area (TPSA) is 63.4 Å². The molecule has 6 nitrogen and oxygen atoms in total. The van der Waals surface area contributed by atoms with Crippen LogP contribution in [-0.4, -0.2) is 42.7 Å². The van der Waals surface area contributed by atoms with Crippen molar-refractivity contribution in [3.05, 3.63) is 51.7 Å². The van der Waals surface area contributed by atoms with E-state index >= 15 is 0 Å². The number of hydrogen-bond donors (Lipinski definition) is 0. The molecule has 6 rings (SSSR count). The molecule has 2 aliphatic rings. The first-order chi connectivity index (χ1) is 16.1. The molecule has 8 heteroatoms. The maximum atomic E-state index is 13.0. The normalized spacial score (nSPS) is 18.0. The lowest BCUT2D eigenvalue weighted by Crippen LogP contribution is -2.37. The standard InChI is InChI=1S/C25H27N5OS2/c1-3-20-26-24-22(18-9-8-15(2)12-19(18)33-24)23-27-28-25(30(20)23)32-14-21(31)29-11-10-16-6-4-5-7-17(16)13-29/h4-7,15H,3,8-14H2,1-2H3. The molecule has 0 spiro atoms. The molecule has 1 aliphatic carbocycles. The van der Waals surface area contributed by atoms with Crippen molar-refractivity contribution in [1.82, 2.24) is 24.5 Å². The predicted octanol–water partition coefficient (Wildman–Crippen LogP) is 4.70. The second-order valence-corrected chi connectivity index (χ2v) is 11.2. The van der Waals surface area contributed by atoms with Crippen molar-refractivity contribution < 1.29 is 4.79 Å². The Morgan fingerprint density at radius 1 is 1.21 bits per heavy atom. The van der Waals surface area contributed by atoms with E-state index in [-0.39, 0.29) is 5.91 Å². The number of thiophene rings is 1. The van der Waals surface area contributed by atoms with E-state index in [2.05, 4.69) is 46.6 Å². The highest BCUT2D eigenvalue weighted by molar-refractivity contribution is 7.99. The van der Waals surface area contributed by atoms with Crippen molar-refractivity contribution in [3.63, 3.8) is 0 Å². The molecule has 3 aromatic heterocycles. The number of hydrogen-bond acceptors (Lipinski definition) is 6. The quantitative estimate of drug-likeness (QED) is 0.399. The van der Waals surface area contributed by atoms with Crippen LogP contribution in [0.4, 0.5) is 0 Å². The molecule has 170 valence electrons. The van der Waals surface area contributed by atoms with Gasteiger partial charge < -0.3 is 4.90 Å². The van der Waals surface area contributed by atoms with Crippen molar-refractivity contribution in [2.75, 3.05) is 12.3 Å². The third kappa shape index (κ3) is 3.64. The fourth-order valence-electron chi connectivity index (χ4n) is 5.13. The molecule has 33 heavy (non-hydrogen) atoms. The van der Waals surface area contributed by atoms with Crippen molar-refractivity contribution in [3.8, 4) is 0 Å². The lowest BCUT2D eigenvalue weighted by Gasteiger charge is -2.28. The van der Waals surface area contributed by atoms with Gasteiger partial charge in [0.2, 0.25) is 5.91 Å². The molecule has 4 aromatic rings. The largest absolute Gasteiger partial charge is 0.337 e. The minimum atomic E-state index is 0.153. The molecule has 1 amide bonds. The molecule has 0 radical (unpaired) electrons. The van der Waals surface area contributed by atoms with Crippen molar-refractivity contribution in [1.29, 1.82) is 0 Å². The summed E-state index contributed by atoms with van der Waals surface area (Å²) in [5.41, 5.74) is 4.94. The summed E-state index contributed by atoms with van der Waals surface area (Å²) in [6.07, 6.45) is 5.15. The number of aryl methyl sites for hydroxylation is 2. The van der Waals surface area contributed by atoms with Gasteiger partial charge in [0.05, 0.1) is 11.1 Å². The first-order valence-corrected chi connectivity index (χ1v) is 13.6. The van der Waals surface area contributed by atoms with Gasteiger partial charge in [-0.2, -0.15) is 0 Å². The van der Waals surface area contributed by atoms with Gasteiger partial charge in [-0.1, -0.05) is 49.9 Å². The van der Waals surface area contributed by atoms with E-state index in [1.165, 1.54) is 45.1 Å². The highest BCUT2D eigenvalue weighted by Crippen LogP contribution is 2.39. The summed E-state index contributed by atoms with van der Waals surface area (Å²) in [7, 11) is 0. The molecule has 1 aromatic carbocycles. The number of rotatable bonds is 4. The Balaban J connectivity index is 1.29. The van der Waals surface area contributed by atoms with Gasteiger partial charge in [0.1, 0.15) is 10.7 Å². The molecular formula is C25H27N5OS2. The SMILES string of the molecule is CCc1nc2sc3c(c2c2nnc(SCC(=O)N4CCc5ccccc5C4)n12)CCC(C)C3. The second kappa shape index (κ2) is 8.40. The van der Waals surface area contributed by atoms with Crippen LogP contribution in [0.1, 0.15) is 47.7 Å². The summed E-state index contributed by atoms with van der Waals surface area (Å²) in [5, 5.41) is 11.1. The van der Waals surface area contributed by atoms with Gasteiger partial charge in [0.25, 0.3) is 0 Å². The van der Waals surface area contributed by atoms with E-state index in [0.717, 1.165) is 59.6 Å². The number of nitrogens with zero attached hydrogens (tertiary/aromatic N) is 5.